The molecule has 0 aromatic heterocycles. The maximum atomic E-state index is 12.2. The Balaban J connectivity index is 2.39. The Hall–Kier alpha value is -0.570. The first kappa shape index (κ1) is 15.5. The van der Waals surface area contributed by atoms with Crippen molar-refractivity contribution in [3.05, 3.63) is 0 Å². The van der Waals surface area contributed by atoms with Gasteiger partial charge in [0, 0.05) is 18.0 Å². The van der Waals surface area contributed by atoms with Crippen molar-refractivity contribution in [2.75, 3.05) is 0 Å². The Kier molecular flexibility index (Phi) is 6.13. The molecule has 0 aromatic rings. The highest BCUT2D eigenvalue weighted by atomic mass is 16.1. The molecule has 0 aromatic carbocycles. The van der Waals surface area contributed by atoms with Gasteiger partial charge in [-0.3, -0.25) is 4.79 Å². The van der Waals surface area contributed by atoms with E-state index >= 15 is 0 Å². The number of carbonyl (C=O) groups is 1. The standard InChI is InChI=1S/C15H30N2O/c1-10(2)8-9-11(3)17-15(18)13-6-5-7-14(16)12(13)4/h10-14H,5-9,16H2,1-4H3,(H,17,18). The van der Waals surface area contributed by atoms with Gasteiger partial charge in [-0.2, -0.15) is 0 Å². The minimum atomic E-state index is 0.121. The first-order valence-corrected chi connectivity index (χ1v) is 7.47. The fraction of sp³-hybridized carbons (Fsp3) is 0.933. The minimum absolute atomic E-state index is 0.121. The maximum absolute atomic E-state index is 12.2. The summed E-state index contributed by atoms with van der Waals surface area (Å²) in [6.07, 6.45) is 5.38. The molecule has 0 radical (unpaired) electrons. The molecule has 1 amide bonds. The molecule has 0 heterocycles. The number of hydrogen-bond acceptors (Lipinski definition) is 2. The van der Waals surface area contributed by atoms with Gasteiger partial charge in [-0.05, 0) is 44.4 Å². The van der Waals surface area contributed by atoms with Crippen molar-refractivity contribution in [3.63, 3.8) is 0 Å². The van der Waals surface area contributed by atoms with Crippen molar-refractivity contribution in [1.82, 2.24) is 5.32 Å². The van der Waals surface area contributed by atoms with Crippen molar-refractivity contribution in [3.8, 4) is 0 Å². The molecule has 4 atom stereocenters. The molecule has 1 rings (SSSR count). The van der Waals surface area contributed by atoms with Gasteiger partial charge in [0.25, 0.3) is 0 Å². The summed E-state index contributed by atoms with van der Waals surface area (Å²) in [6.45, 7) is 8.66. The summed E-state index contributed by atoms with van der Waals surface area (Å²) in [7, 11) is 0. The van der Waals surface area contributed by atoms with Gasteiger partial charge in [0.15, 0.2) is 0 Å². The fourth-order valence-electron chi connectivity index (χ4n) is 2.77. The molecule has 3 heteroatoms. The number of hydrogen-bond donors (Lipinski definition) is 2. The highest BCUT2D eigenvalue weighted by molar-refractivity contribution is 5.79. The summed E-state index contributed by atoms with van der Waals surface area (Å²) < 4.78 is 0. The first-order valence-electron chi connectivity index (χ1n) is 7.47. The van der Waals surface area contributed by atoms with E-state index in [0.29, 0.717) is 11.8 Å². The quantitative estimate of drug-likeness (QED) is 0.792. The summed E-state index contributed by atoms with van der Waals surface area (Å²) in [5.74, 6) is 1.35. The van der Waals surface area contributed by atoms with Crippen molar-refractivity contribution < 1.29 is 4.79 Å². The summed E-state index contributed by atoms with van der Waals surface area (Å²) in [5, 5.41) is 3.16. The zero-order chi connectivity index (χ0) is 13.7. The Morgan fingerprint density at radius 3 is 2.56 bits per heavy atom. The van der Waals surface area contributed by atoms with E-state index in [1.807, 2.05) is 0 Å². The van der Waals surface area contributed by atoms with E-state index in [9.17, 15) is 4.79 Å². The summed E-state index contributed by atoms with van der Waals surface area (Å²) in [6, 6.07) is 0.478. The lowest BCUT2D eigenvalue weighted by Crippen LogP contribution is -2.46. The van der Waals surface area contributed by atoms with Crippen molar-refractivity contribution in [2.45, 2.75) is 71.9 Å². The predicted octanol–water partition coefficient (Wildman–Crippen LogP) is 2.69. The van der Waals surface area contributed by atoms with Gasteiger partial charge in [-0.1, -0.05) is 27.2 Å². The molecular formula is C15H30N2O. The Labute approximate surface area is 112 Å². The van der Waals surface area contributed by atoms with Crippen LogP contribution in [0.3, 0.4) is 0 Å². The van der Waals surface area contributed by atoms with E-state index in [4.69, 9.17) is 5.73 Å². The molecule has 18 heavy (non-hydrogen) atoms. The van der Waals surface area contributed by atoms with Crippen LogP contribution in [0, 0.1) is 17.8 Å². The largest absolute Gasteiger partial charge is 0.353 e. The van der Waals surface area contributed by atoms with E-state index in [-0.39, 0.29) is 23.9 Å². The molecule has 1 saturated carbocycles. The molecule has 1 aliphatic carbocycles. The van der Waals surface area contributed by atoms with E-state index in [0.717, 1.165) is 25.7 Å². The van der Waals surface area contributed by atoms with Crippen LogP contribution in [0.2, 0.25) is 0 Å². The van der Waals surface area contributed by atoms with Gasteiger partial charge in [-0.15, -0.1) is 0 Å². The van der Waals surface area contributed by atoms with Gasteiger partial charge >= 0.3 is 0 Å². The predicted molar refractivity (Wildman–Crippen MR) is 76.2 cm³/mol. The van der Waals surface area contributed by atoms with Crippen LogP contribution in [-0.2, 0) is 4.79 Å². The Bertz CT molecular complexity index is 265. The molecule has 3 N–H and O–H groups in total. The van der Waals surface area contributed by atoms with Crippen LogP contribution >= 0.6 is 0 Å². The smallest absolute Gasteiger partial charge is 0.223 e. The zero-order valence-corrected chi connectivity index (χ0v) is 12.4. The normalized spacial score (nSPS) is 30.2. The highest BCUT2D eigenvalue weighted by Gasteiger charge is 2.32. The fourth-order valence-corrected chi connectivity index (χ4v) is 2.77. The number of carbonyl (C=O) groups excluding carboxylic acids is 1. The third-order valence-corrected chi connectivity index (χ3v) is 4.27. The van der Waals surface area contributed by atoms with Gasteiger partial charge in [0.1, 0.15) is 0 Å². The van der Waals surface area contributed by atoms with Gasteiger partial charge < -0.3 is 11.1 Å². The average Bonchev–Trinajstić information content (AvgIpc) is 2.30. The molecule has 3 nitrogen and oxygen atoms in total. The third-order valence-electron chi connectivity index (χ3n) is 4.27. The first-order chi connectivity index (χ1) is 8.41. The second-order valence-corrected chi connectivity index (χ2v) is 6.44. The topological polar surface area (TPSA) is 55.1 Å². The molecule has 0 aliphatic heterocycles. The van der Waals surface area contributed by atoms with E-state index < -0.39 is 0 Å². The van der Waals surface area contributed by atoms with Crippen molar-refractivity contribution >= 4 is 5.91 Å². The lowest BCUT2D eigenvalue weighted by Gasteiger charge is -2.33. The third kappa shape index (κ3) is 4.60. The molecule has 1 fully saturated rings. The van der Waals surface area contributed by atoms with Crippen LogP contribution in [0.15, 0.2) is 0 Å². The second-order valence-electron chi connectivity index (χ2n) is 6.44. The summed E-state index contributed by atoms with van der Waals surface area (Å²) >= 11 is 0. The van der Waals surface area contributed by atoms with Crippen LogP contribution < -0.4 is 11.1 Å². The second kappa shape index (κ2) is 7.13. The van der Waals surface area contributed by atoms with E-state index in [1.54, 1.807) is 0 Å². The van der Waals surface area contributed by atoms with Gasteiger partial charge in [-0.25, -0.2) is 0 Å². The zero-order valence-electron chi connectivity index (χ0n) is 12.4. The lowest BCUT2D eigenvalue weighted by molar-refractivity contribution is -0.128. The van der Waals surface area contributed by atoms with Crippen LogP contribution in [0.4, 0.5) is 0 Å². The average molecular weight is 254 g/mol. The van der Waals surface area contributed by atoms with Crippen molar-refractivity contribution in [1.29, 1.82) is 0 Å². The summed E-state index contributed by atoms with van der Waals surface area (Å²) in [5.41, 5.74) is 6.06. The lowest BCUT2D eigenvalue weighted by atomic mass is 9.77. The van der Waals surface area contributed by atoms with Gasteiger partial charge in [0.2, 0.25) is 5.91 Å². The molecule has 1 aliphatic rings. The number of nitrogens with two attached hydrogens (primary N) is 1. The van der Waals surface area contributed by atoms with Crippen LogP contribution in [-0.4, -0.2) is 18.0 Å². The number of nitrogens with one attached hydrogen (secondary N) is 1. The van der Waals surface area contributed by atoms with Crippen LogP contribution in [0.5, 0.6) is 0 Å². The molecule has 0 saturated heterocycles. The SMILES string of the molecule is CC(C)CCC(C)NC(=O)C1CCCC(N)C1C. The number of rotatable bonds is 5. The van der Waals surface area contributed by atoms with Gasteiger partial charge in [0.05, 0.1) is 0 Å². The molecular weight excluding hydrogens is 224 g/mol. The minimum Gasteiger partial charge on any atom is -0.353 e. The van der Waals surface area contributed by atoms with E-state index in [2.05, 4.69) is 33.0 Å². The molecule has 0 bridgehead atoms. The van der Waals surface area contributed by atoms with Crippen LogP contribution in [0.1, 0.15) is 59.8 Å². The monoisotopic (exact) mass is 254 g/mol. The summed E-state index contributed by atoms with van der Waals surface area (Å²) in [4.78, 5) is 12.2. The van der Waals surface area contributed by atoms with E-state index in [1.165, 1.54) is 6.42 Å². The van der Waals surface area contributed by atoms with Crippen molar-refractivity contribution in [2.24, 2.45) is 23.5 Å². The maximum Gasteiger partial charge on any atom is 0.223 e. The molecule has 4 unspecified atom stereocenters. The molecule has 106 valence electrons. The Morgan fingerprint density at radius 1 is 1.28 bits per heavy atom. The van der Waals surface area contributed by atoms with Crippen LogP contribution in [0.25, 0.3) is 0 Å². The highest BCUT2D eigenvalue weighted by Crippen LogP contribution is 2.29. The molecule has 0 spiro atoms. The Morgan fingerprint density at radius 2 is 1.94 bits per heavy atom. The number of amides is 1.